The molecule has 0 N–H and O–H groups in total. The number of benzene rings is 1. The van der Waals surface area contributed by atoms with Crippen molar-refractivity contribution in [3.8, 4) is 0 Å². The Morgan fingerprint density at radius 3 is 2.95 bits per heavy atom. The molecule has 1 fully saturated rings. The van der Waals surface area contributed by atoms with Gasteiger partial charge < -0.3 is 0 Å². The third-order valence-corrected chi connectivity index (χ3v) is 5.02. The van der Waals surface area contributed by atoms with E-state index in [9.17, 15) is 0 Å². The predicted octanol–water partition coefficient (Wildman–Crippen LogP) is 4.33. The normalized spacial score (nSPS) is 27.2. The maximum atomic E-state index is 4.52. The van der Waals surface area contributed by atoms with Gasteiger partial charge in [-0.05, 0) is 60.8 Å². The first-order valence-corrected chi connectivity index (χ1v) is 8.14. The van der Waals surface area contributed by atoms with Gasteiger partial charge in [-0.15, -0.1) is 12.6 Å². The van der Waals surface area contributed by atoms with Gasteiger partial charge in [0.15, 0.2) is 0 Å². The van der Waals surface area contributed by atoms with Crippen LogP contribution in [0.25, 0.3) is 0 Å². The number of piperidine rings is 1. The average molecular weight is 275 g/mol. The largest absolute Gasteiger partial charge is 0.296 e. The molecular weight excluding hydrogens is 250 g/mol. The lowest BCUT2D eigenvalue weighted by Gasteiger charge is -2.44. The molecular formula is C17H25NS. The van der Waals surface area contributed by atoms with Crippen molar-refractivity contribution >= 4 is 12.6 Å². The minimum atomic E-state index is 0.666. The average Bonchev–Trinajstić information content (AvgIpc) is 2.37. The van der Waals surface area contributed by atoms with Crippen molar-refractivity contribution < 1.29 is 0 Å². The fourth-order valence-electron chi connectivity index (χ4n) is 3.97. The Bertz CT molecular complexity index is 455. The number of thiol groups is 1. The Balaban J connectivity index is 1.77. The zero-order chi connectivity index (χ0) is 13.4. The van der Waals surface area contributed by atoms with Crippen LogP contribution in [-0.4, -0.2) is 18.0 Å². The quantitative estimate of drug-likeness (QED) is 0.786. The molecule has 0 aromatic heterocycles. The summed E-state index contributed by atoms with van der Waals surface area (Å²) in [4.78, 5) is 3.84. The summed E-state index contributed by atoms with van der Waals surface area (Å²) in [7, 11) is 0. The van der Waals surface area contributed by atoms with E-state index in [2.05, 4.69) is 49.6 Å². The van der Waals surface area contributed by atoms with Crippen LogP contribution < -0.4 is 0 Å². The van der Waals surface area contributed by atoms with Crippen molar-refractivity contribution in [2.45, 2.75) is 50.5 Å². The summed E-state index contributed by atoms with van der Waals surface area (Å²) in [6.07, 6.45) is 5.34. The van der Waals surface area contributed by atoms with Crippen LogP contribution in [0.1, 0.15) is 50.3 Å². The van der Waals surface area contributed by atoms with Crippen LogP contribution in [0.15, 0.2) is 23.1 Å². The SMILES string of the molecule is CC(C)CC1CCC2c3cc(S)ccc3CCN2C1. The molecule has 2 aliphatic rings. The molecule has 0 saturated carbocycles. The molecule has 0 bridgehead atoms. The van der Waals surface area contributed by atoms with Crippen LogP contribution in [0.4, 0.5) is 0 Å². The zero-order valence-corrected chi connectivity index (χ0v) is 13.0. The highest BCUT2D eigenvalue weighted by molar-refractivity contribution is 7.80. The highest BCUT2D eigenvalue weighted by Crippen LogP contribution is 2.40. The topological polar surface area (TPSA) is 3.24 Å². The summed E-state index contributed by atoms with van der Waals surface area (Å²) >= 11 is 4.52. The molecule has 104 valence electrons. The lowest BCUT2D eigenvalue weighted by atomic mass is 9.81. The van der Waals surface area contributed by atoms with Gasteiger partial charge >= 0.3 is 0 Å². The van der Waals surface area contributed by atoms with Crippen molar-refractivity contribution in [2.24, 2.45) is 11.8 Å². The third kappa shape index (κ3) is 2.85. The Morgan fingerprint density at radius 2 is 2.16 bits per heavy atom. The Kier molecular flexibility index (Phi) is 3.91. The Hall–Kier alpha value is -0.470. The van der Waals surface area contributed by atoms with Gasteiger partial charge in [0, 0.05) is 24.0 Å². The van der Waals surface area contributed by atoms with Crippen LogP contribution in [0.3, 0.4) is 0 Å². The first-order chi connectivity index (χ1) is 9.13. The highest BCUT2D eigenvalue weighted by Gasteiger charge is 2.33. The van der Waals surface area contributed by atoms with Gasteiger partial charge in [-0.3, -0.25) is 4.90 Å². The van der Waals surface area contributed by atoms with Crippen molar-refractivity contribution in [3.05, 3.63) is 29.3 Å². The van der Waals surface area contributed by atoms with Crippen molar-refractivity contribution in [1.82, 2.24) is 4.90 Å². The maximum absolute atomic E-state index is 4.52. The molecule has 0 spiro atoms. The fourth-order valence-corrected chi connectivity index (χ4v) is 4.18. The van der Waals surface area contributed by atoms with E-state index in [1.54, 1.807) is 11.1 Å². The van der Waals surface area contributed by atoms with E-state index >= 15 is 0 Å². The number of rotatable bonds is 2. The molecule has 1 aromatic rings. The lowest BCUT2D eigenvalue weighted by molar-refractivity contribution is 0.0895. The molecule has 2 atom stereocenters. The second kappa shape index (κ2) is 5.49. The lowest BCUT2D eigenvalue weighted by Crippen LogP contribution is -2.42. The van der Waals surface area contributed by atoms with E-state index in [1.165, 1.54) is 38.8 Å². The predicted molar refractivity (Wildman–Crippen MR) is 83.9 cm³/mol. The first-order valence-electron chi connectivity index (χ1n) is 7.69. The molecule has 2 aliphatic heterocycles. The van der Waals surface area contributed by atoms with E-state index in [-0.39, 0.29) is 0 Å². The van der Waals surface area contributed by atoms with E-state index in [0.717, 1.165) is 16.7 Å². The van der Waals surface area contributed by atoms with E-state index < -0.39 is 0 Å². The number of hydrogen-bond donors (Lipinski definition) is 1. The first kappa shape index (κ1) is 13.5. The summed E-state index contributed by atoms with van der Waals surface area (Å²) in [5.41, 5.74) is 3.11. The molecule has 0 aliphatic carbocycles. The van der Waals surface area contributed by atoms with Gasteiger partial charge in [0.1, 0.15) is 0 Å². The molecule has 2 heterocycles. The van der Waals surface area contributed by atoms with E-state index in [1.807, 2.05) is 0 Å². The van der Waals surface area contributed by atoms with Crippen molar-refractivity contribution in [1.29, 1.82) is 0 Å². The molecule has 3 rings (SSSR count). The second-order valence-corrected chi connectivity index (χ2v) is 7.23. The molecule has 1 aromatic carbocycles. The summed E-state index contributed by atoms with van der Waals surface area (Å²) in [6, 6.07) is 7.40. The molecule has 0 amide bonds. The highest BCUT2D eigenvalue weighted by atomic mass is 32.1. The minimum Gasteiger partial charge on any atom is -0.296 e. The second-order valence-electron chi connectivity index (χ2n) is 6.72. The van der Waals surface area contributed by atoms with Gasteiger partial charge in [0.25, 0.3) is 0 Å². The summed E-state index contributed by atoms with van der Waals surface area (Å²) in [6.45, 7) is 7.26. The van der Waals surface area contributed by atoms with Gasteiger partial charge in [-0.1, -0.05) is 19.9 Å². The van der Waals surface area contributed by atoms with Crippen LogP contribution in [0.2, 0.25) is 0 Å². The smallest absolute Gasteiger partial charge is 0.0351 e. The van der Waals surface area contributed by atoms with E-state index in [4.69, 9.17) is 0 Å². The molecule has 0 radical (unpaired) electrons. The monoisotopic (exact) mass is 275 g/mol. The third-order valence-electron chi connectivity index (χ3n) is 4.74. The number of hydrogen-bond acceptors (Lipinski definition) is 2. The van der Waals surface area contributed by atoms with Gasteiger partial charge in [-0.25, -0.2) is 0 Å². The van der Waals surface area contributed by atoms with Crippen LogP contribution >= 0.6 is 12.6 Å². The van der Waals surface area contributed by atoms with Crippen LogP contribution in [0, 0.1) is 11.8 Å². The van der Waals surface area contributed by atoms with Gasteiger partial charge in [-0.2, -0.15) is 0 Å². The minimum absolute atomic E-state index is 0.666. The van der Waals surface area contributed by atoms with Gasteiger partial charge in [0.2, 0.25) is 0 Å². The van der Waals surface area contributed by atoms with Gasteiger partial charge in [0.05, 0.1) is 0 Å². The van der Waals surface area contributed by atoms with Crippen molar-refractivity contribution in [3.63, 3.8) is 0 Å². The van der Waals surface area contributed by atoms with Crippen LogP contribution in [-0.2, 0) is 6.42 Å². The van der Waals surface area contributed by atoms with E-state index in [0.29, 0.717) is 6.04 Å². The Labute approximate surface area is 122 Å². The van der Waals surface area contributed by atoms with Crippen LogP contribution in [0.5, 0.6) is 0 Å². The standard InChI is InChI=1S/C17H25NS/c1-12(2)9-13-3-6-17-16-10-15(19)5-4-14(16)7-8-18(17)11-13/h4-5,10,12-13,17,19H,3,6-9,11H2,1-2H3. The fraction of sp³-hybridized carbons (Fsp3) is 0.647. The zero-order valence-electron chi connectivity index (χ0n) is 12.1. The molecule has 1 saturated heterocycles. The number of fused-ring (bicyclic) bond motifs is 3. The summed E-state index contributed by atoms with van der Waals surface area (Å²) < 4.78 is 0. The molecule has 2 unspecified atom stereocenters. The molecule has 19 heavy (non-hydrogen) atoms. The Morgan fingerprint density at radius 1 is 1.32 bits per heavy atom. The maximum Gasteiger partial charge on any atom is 0.0351 e. The molecule has 2 heteroatoms. The number of nitrogens with zero attached hydrogens (tertiary/aromatic N) is 1. The summed E-state index contributed by atoms with van der Waals surface area (Å²) in [5, 5.41) is 0. The molecule has 1 nitrogen and oxygen atoms in total. The summed E-state index contributed by atoms with van der Waals surface area (Å²) in [5.74, 6) is 1.75. The van der Waals surface area contributed by atoms with Crippen molar-refractivity contribution in [2.75, 3.05) is 13.1 Å².